The van der Waals surface area contributed by atoms with E-state index in [0.717, 1.165) is 28.0 Å². The zero-order chi connectivity index (χ0) is 18.1. The van der Waals surface area contributed by atoms with Crippen molar-refractivity contribution in [2.24, 2.45) is 10.2 Å². The first-order valence-corrected chi connectivity index (χ1v) is 8.34. The van der Waals surface area contributed by atoms with Gasteiger partial charge in [-0.15, -0.1) is 10.2 Å². The topological polar surface area (TPSA) is 42.0 Å². The third-order valence-corrected chi connectivity index (χ3v) is 4.24. The summed E-state index contributed by atoms with van der Waals surface area (Å²) >= 11 is 0. The average Bonchev–Trinajstić information content (AvgIpc) is 3.02. The Labute approximate surface area is 150 Å². The Morgan fingerprint density at radius 2 is 1.73 bits per heavy atom. The van der Waals surface area contributed by atoms with Crippen molar-refractivity contribution in [3.8, 4) is 11.3 Å². The standard InChI is InChI=1S/C21H17FN4/c1-14-6-7-15(2)18(13-14)24-25-21-20(16-8-10-17(22)11-9-16)23-19-5-3-4-12-26(19)21/h3-13H,1-2H3. The Morgan fingerprint density at radius 3 is 2.54 bits per heavy atom. The molecule has 0 aliphatic heterocycles. The normalized spacial score (nSPS) is 11.5. The minimum Gasteiger partial charge on any atom is -0.283 e. The van der Waals surface area contributed by atoms with Crippen molar-refractivity contribution in [3.05, 3.63) is 83.8 Å². The lowest BCUT2D eigenvalue weighted by Crippen LogP contribution is -1.82. The second kappa shape index (κ2) is 6.52. The summed E-state index contributed by atoms with van der Waals surface area (Å²) in [5, 5.41) is 8.95. The van der Waals surface area contributed by atoms with Crippen LogP contribution in [0, 0.1) is 19.7 Å². The van der Waals surface area contributed by atoms with Crippen molar-refractivity contribution in [1.29, 1.82) is 0 Å². The summed E-state index contributed by atoms with van der Waals surface area (Å²) < 4.78 is 15.2. The van der Waals surface area contributed by atoms with Crippen LogP contribution in [0.2, 0.25) is 0 Å². The number of hydrogen-bond donors (Lipinski definition) is 0. The van der Waals surface area contributed by atoms with Gasteiger partial charge in [0.25, 0.3) is 0 Å². The summed E-state index contributed by atoms with van der Waals surface area (Å²) in [6, 6.07) is 18.1. The zero-order valence-electron chi connectivity index (χ0n) is 14.5. The molecule has 0 spiro atoms. The Hall–Kier alpha value is -3.34. The monoisotopic (exact) mass is 344 g/mol. The fraction of sp³-hybridized carbons (Fsp3) is 0.0952. The number of aryl methyl sites for hydroxylation is 2. The minimum absolute atomic E-state index is 0.281. The molecule has 2 aromatic carbocycles. The Bertz CT molecular complexity index is 1110. The lowest BCUT2D eigenvalue weighted by atomic mass is 10.1. The van der Waals surface area contributed by atoms with Gasteiger partial charge in [0.2, 0.25) is 0 Å². The highest BCUT2D eigenvalue weighted by atomic mass is 19.1. The van der Waals surface area contributed by atoms with Crippen LogP contribution in [0.15, 0.2) is 77.1 Å². The fourth-order valence-corrected chi connectivity index (χ4v) is 2.81. The number of pyridine rings is 1. The van der Waals surface area contributed by atoms with Crippen LogP contribution in [0.5, 0.6) is 0 Å². The molecule has 4 nitrogen and oxygen atoms in total. The summed E-state index contributed by atoms with van der Waals surface area (Å²) in [6.07, 6.45) is 1.90. The van der Waals surface area contributed by atoms with E-state index in [2.05, 4.69) is 15.2 Å². The molecule has 4 aromatic rings. The molecule has 0 amide bonds. The third kappa shape index (κ3) is 2.99. The Balaban J connectivity index is 1.87. The number of halogens is 1. The van der Waals surface area contributed by atoms with Gasteiger partial charge >= 0.3 is 0 Å². The molecular formula is C21H17FN4. The molecule has 0 aliphatic rings. The summed E-state index contributed by atoms with van der Waals surface area (Å²) in [7, 11) is 0. The molecule has 2 heterocycles. The van der Waals surface area contributed by atoms with E-state index in [1.54, 1.807) is 12.1 Å². The molecule has 0 atom stereocenters. The first-order chi connectivity index (χ1) is 12.6. The number of hydrogen-bond acceptors (Lipinski definition) is 3. The van der Waals surface area contributed by atoms with Gasteiger partial charge in [0.1, 0.15) is 17.2 Å². The van der Waals surface area contributed by atoms with Gasteiger partial charge in [0, 0.05) is 11.8 Å². The molecule has 128 valence electrons. The van der Waals surface area contributed by atoms with Gasteiger partial charge < -0.3 is 0 Å². The van der Waals surface area contributed by atoms with E-state index in [-0.39, 0.29) is 5.82 Å². The molecule has 4 rings (SSSR count). The van der Waals surface area contributed by atoms with Crippen molar-refractivity contribution in [1.82, 2.24) is 9.38 Å². The number of azo groups is 1. The molecule has 0 bridgehead atoms. The van der Waals surface area contributed by atoms with Crippen LogP contribution < -0.4 is 0 Å². The highest BCUT2D eigenvalue weighted by molar-refractivity contribution is 5.74. The summed E-state index contributed by atoms with van der Waals surface area (Å²) in [5.74, 6) is 0.337. The van der Waals surface area contributed by atoms with E-state index in [0.29, 0.717) is 11.5 Å². The maximum absolute atomic E-state index is 13.3. The van der Waals surface area contributed by atoms with E-state index in [9.17, 15) is 4.39 Å². The van der Waals surface area contributed by atoms with Crippen molar-refractivity contribution in [2.75, 3.05) is 0 Å². The maximum atomic E-state index is 13.3. The summed E-state index contributed by atoms with van der Waals surface area (Å²) in [5.41, 5.74) is 5.23. The molecule has 0 unspecified atom stereocenters. The van der Waals surface area contributed by atoms with E-state index >= 15 is 0 Å². The Kier molecular flexibility index (Phi) is 4.05. The predicted molar refractivity (Wildman–Crippen MR) is 101 cm³/mol. The molecule has 0 saturated carbocycles. The molecule has 0 saturated heterocycles. The van der Waals surface area contributed by atoms with Gasteiger partial charge in [-0.2, -0.15) is 0 Å². The molecule has 0 radical (unpaired) electrons. The van der Waals surface area contributed by atoms with Gasteiger partial charge in [0.15, 0.2) is 5.82 Å². The van der Waals surface area contributed by atoms with Crippen LogP contribution in [-0.4, -0.2) is 9.38 Å². The highest BCUT2D eigenvalue weighted by Crippen LogP contribution is 2.33. The highest BCUT2D eigenvalue weighted by Gasteiger charge is 2.14. The molecule has 0 N–H and O–H groups in total. The molecule has 5 heteroatoms. The van der Waals surface area contributed by atoms with Gasteiger partial charge in [-0.25, -0.2) is 9.37 Å². The molecular weight excluding hydrogens is 327 g/mol. The first kappa shape index (κ1) is 16.1. The van der Waals surface area contributed by atoms with Crippen LogP contribution in [0.25, 0.3) is 16.9 Å². The maximum Gasteiger partial charge on any atom is 0.187 e. The predicted octanol–water partition coefficient (Wildman–Crippen LogP) is 6.17. The van der Waals surface area contributed by atoms with Crippen molar-refractivity contribution >= 4 is 17.2 Å². The number of nitrogens with zero attached hydrogens (tertiary/aromatic N) is 4. The van der Waals surface area contributed by atoms with Crippen molar-refractivity contribution < 1.29 is 4.39 Å². The van der Waals surface area contributed by atoms with Crippen molar-refractivity contribution in [2.45, 2.75) is 13.8 Å². The lowest BCUT2D eigenvalue weighted by Gasteiger charge is -2.02. The SMILES string of the molecule is Cc1ccc(C)c(N=Nc2c(-c3ccc(F)cc3)nc3ccccn23)c1. The number of imidazole rings is 1. The lowest BCUT2D eigenvalue weighted by molar-refractivity contribution is 0.628. The number of rotatable bonds is 3. The van der Waals surface area contributed by atoms with Gasteiger partial charge in [-0.3, -0.25) is 4.40 Å². The number of fused-ring (bicyclic) bond motifs is 1. The fourth-order valence-electron chi connectivity index (χ4n) is 2.81. The number of benzene rings is 2. The van der Waals surface area contributed by atoms with Crippen LogP contribution in [0.3, 0.4) is 0 Å². The van der Waals surface area contributed by atoms with E-state index in [1.807, 2.05) is 60.8 Å². The summed E-state index contributed by atoms with van der Waals surface area (Å²) in [4.78, 5) is 4.65. The molecule has 0 fully saturated rings. The Morgan fingerprint density at radius 1 is 0.923 bits per heavy atom. The van der Waals surface area contributed by atoms with Crippen LogP contribution >= 0.6 is 0 Å². The van der Waals surface area contributed by atoms with Gasteiger partial charge in [0.05, 0.1) is 5.69 Å². The number of aromatic nitrogens is 2. The third-order valence-electron chi connectivity index (χ3n) is 4.24. The average molecular weight is 344 g/mol. The van der Waals surface area contributed by atoms with Crippen LogP contribution in [-0.2, 0) is 0 Å². The van der Waals surface area contributed by atoms with Crippen molar-refractivity contribution in [3.63, 3.8) is 0 Å². The molecule has 26 heavy (non-hydrogen) atoms. The largest absolute Gasteiger partial charge is 0.283 e. The summed E-state index contributed by atoms with van der Waals surface area (Å²) in [6.45, 7) is 4.03. The minimum atomic E-state index is -0.281. The second-order valence-corrected chi connectivity index (χ2v) is 6.21. The van der Waals surface area contributed by atoms with E-state index in [1.165, 1.54) is 12.1 Å². The quantitative estimate of drug-likeness (QED) is 0.410. The smallest absolute Gasteiger partial charge is 0.187 e. The molecule has 2 aromatic heterocycles. The van der Waals surface area contributed by atoms with Crippen LogP contribution in [0.4, 0.5) is 15.9 Å². The zero-order valence-corrected chi connectivity index (χ0v) is 14.5. The van der Waals surface area contributed by atoms with Gasteiger partial charge in [-0.05, 0) is 67.4 Å². The van der Waals surface area contributed by atoms with E-state index < -0.39 is 0 Å². The van der Waals surface area contributed by atoms with Crippen LogP contribution in [0.1, 0.15) is 11.1 Å². The van der Waals surface area contributed by atoms with E-state index in [4.69, 9.17) is 0 Å². The first-order valence-electron chi connectivity index (χ1n) is 8.34. The second-order valence-electron chi connectivity index (χ2n) is 6.21. The van der Waals surface area contributed by atoms with Gasteiger partial charge in [-0.1, -0.05) is 18.2 Å². The molecule has 0 aliphatic carbocycles.